The molecule has 6 atom stereocenters. The van der Waals surface area contributed by atoms with Crippen LogP contribution in [0.3, 0.4) is 0 Å². The molecule has 7 nitrogen and oxygen atoms in total. The highest BCUT2D eigenvalue weighted by molar-refractivity contribution is 8.02. The van der Waals surface area contributed by atoms with E-state index in [9.17, 15) is 19.5 Å². The topological polar surface area (TPSA) is 98.7 Å². The number of carbonyl (C=O) groups is 3. The van der Waals surface area contributed by atoms with Crippen LogP contribution in [0.1, 0.15) is 58.4 Å². The van der Waals surface area contributed by atoms with Gasteiger partial charge in [-0.2, -0.15) is 0 Å². The quantitative estimate of drug-likeness (QED) is 0.405. The van der Waals surface area contributed by atoms with Crippen LogP contribution < -0.4 is 10.6 Å². The maximum Gasteiger partial charge on any atom is 0.244 e. The summed E-state index contributed by atoms with van der Waals surface area (Å²) < 4.78 is -1.03. The number of hydrogen-bond acceptors (Lipinski definition) is 5. The third-order valence-electron chi connectivity index (χ3n) is 8.04. The molecule has 4 rings (SSSR count). The number of likely N-dealkylation sites (tertiary alicyclic amines) is 1. The van der Waals surface area contributed by atoms with Crippen LogP contribution in [0, 0.1) is 11.8 Å². The second-order valence-electron chi connectivity index (χ2n) is 10.4. The minimum Gasteiger partial charge on any atom is -0.394 e. The molecule has 3 N–H and O–H groups in total. The van der Waals surface area contributed by atoms with Crippen LogP contribution >= 0.6 is 11.8 Å². The Morgan fingerprint density at radius 3 is 2.49 bits per heavy atom. The first-order chi connectivity index (χ1) is 16.8. The molecule has 3 saturated heterocycles. The number of amides is 3. The highest BCUT2D eigenvalue weighted by atomic mass is 32.2. The van der Waals surface area contributed by atoms with E-state index in [1.165, 1.54) is 0 Å². The van der Waals surface area contributed by atoms with Crippen LogP contribution in [0.25, 0.3) is 0 Å². The van der Waals surface area contributed by atoms with E-state index in [2.05, 4.69) is 24.5 Å². The zero-order valence-corrected chi connectivity index (χ0v) is 21.9. The van der Waals surface area contributed by atoms with Gasteiger partial charge in [-0.15, -0.1) is 11.8 Å². The van der Waals surface area contributed by atoms with Crippen LogP contribution in [-0.2, 0) is 20.8 Å². The third-order valence-corrected chi connectivity index (χ3v) is 10.0. The van der Waals surface area contributed by atoms with Gasteiger partial charge >= 0.3 is 0 Å². The summed E-state index contributed by atoms with van der Waals surface area (Å²) in [5.41, 5.74) is 1.00. The first-order valence-electron chi connectivity index (χ1n) is 13.1. The Morgan fingerprint density at radius 2 is 1.83 bits per heavy atom. The van der Waals surface area contributed by atoms with Gasteiger partial charge in [-0.1, -0.05) is 50.6 Å². The van der Waals surface area contributed by atoms with Gasteiger partial charge in [0.1, 0.15) is 6.04 Å². The minimum absolute atomic E-state index is 0.0858. The summed E-state index contributed by atoms with van der Waals surface area (Å²) >= 11 is 1.67. The van der Waals surface area contributed by atoms with Gasteiger partial charge < -0.3 is 20.6 Å². The van der Waals surface area contributed by atoms with Crippen molar-refractivity contribution in [3.8, 4) is 0 Å². The summed E-state index contributed by atoms with van der Waals surface area (Å²) in [6.07, 6.45) is 4.61. The number of nitrogens with zero attached hydrogens (tertiary/aromatic N) is 1. The van der Waals surface area contributed by atoms with E-state index in [1.807, 2.05) is 37.3 Å². The molecule has 3 heterocycles. The average molecular weight is 502 g/mol. The molecule has 8 heteroatoms. The molecule has 3 fully saturated rings. The molecule has 3 amide bonds. The van der Waals surface area contributed by atoms with Gasteiger partial charge in [-0.3, -0.25) is 14.4 Å². The van der Waals surface area contributed by atoms with Gasteiger partial charge in [0.15, 0.2) is 0 Å². The second-order valence-corrected chi connectivity index (χ2v) is 12.3. The predicted octanol–water partition coefficient (Wildman–Crippen LogP) is 2.51. The molecule has 0 aromatic heterocycles. The SMILES string of the molecule is CCCCNC(=O)C1N([C@@H](CO)Cc2ccccc2)C(=O)[C@@H]2[C@H](C(=O)NCCC)[C@]3(C)CCC12S3. The Kier molecular flexibility index (Phi) is 7.81. The van der Waals surface area contributed by atoms with Gasteiger partial charge in [0, 0.05) is 17.8 Å². The van der Waals surface area contributed by atoms with E-state index in [1.54, 1.807) is 16.7 Å². The van der Waals surface area contributed by atoms with E-state index < -0.39 is 28.7 Å². The number of hydrogen-bond donors (Lipinski definition) is 3. The van der Waals surface area contributed by atoms with Crippen molar-refractivity contribution in [3.63, 3.8) is 0 Å². The Labute approximate surface area is 212 Å². The highest BCUT2D eigenvalue weighted by Gasteiger charge is 2.77. The van der Waals surface area contributed by atoms with E-state index in [0.29, 0.717) is 25.9 Å². The standard InChI is InChI=1S/C27H39N3O4S/c1-4-6-15-29-24(33)22-27-13-12-26(3,35-27)20(23(32)28-14-5-2)21(27)25(34)30(22)19(17-31)16-18-10-8-7-9-11-18/h7-11,19-22,31H,4-6,12-17H2,1-3H3,(H,28,32)(H,29,33)/t19-,20-,21+,22?,26+,27?/m1/s1. The highest BCUT2D eigenvalue weighted by Crippen LogP contribution is 2.71. The van der Waals surface area contributed by atoms with Gasteiger partial charge in [0.05, 0.1) is 29.2 Å². The van der Waals surface area contributed by atoms with Crippen molar-refractivity contribution >= 4 is 29.5 Å². The summed E-state index contributed by atoms with van der Waals surface area (Å²) in [6.45, 7) is 7.05. The van der Waals surface area contributed by atoms with E-state index in [0.717, 1.165) is 31.2 Å². The molecular formula is C27H39N3O4S. The van der Waals surface area contributed by atoms with Crippen molar-refractivity contribution in [1.29, 1.82) is 0 Å². The maximum absolute atomic E-state index is 14.2. The molecule has 35 heavy (non-hydrogen) atoms. The molecule has 0 saturated carbocycles. The number of thioether (sulfide) groups is 1. The largest absolute Gasteiger partial charge is 0.394 e. The van der Waals surface area contributed by atoms with Crippen LogP contribution in [0.4, 0.5) is 0 Å². The number of nitrogens with one attached hydrogen (secondary N) is 2. The normalized spacial score (nSPS) is 31.9. The number of aliphatic hydroxyl groups excluding tert-OH is 1. The lowest BCUT2D eigenvalue weighted by Gasteiger charge is -2.37. The Morgan fingerprint density at radius 1 is 1.11 bits per heavy atom. The molecule has 2 unspecified atom stereocenters. The fourth-order valence-corrected chi connectivity index (χ4v) is 8.78. The summed E-state index contributed by atoms with van der Waals surface area (Å²) in [5.74, 6) is -1.45. The Bertz CT molecular complexity index is 944. The molecule has 3 aliphatic heterocycles. The number of carbonyl (C=O) groups excluding carboxylic acids is 3. The van der Waals surface area contributed by atoms with Crippen molar-refractivity contribution in [1.82, 2.24) is 15.5 Å². The summed E-state index contributed by atoms with van der Waals surface area (Å²) in [6, 6.07) is 8.52. The smallest absolute Gasteiger partial charge is 0.244 e. The fourth-order valence-electron chi connectivity index (χ4n) is 6.44. The van der Waals surface area contributed by atoms with Gasteiger partial charge in [0.25, 0.3) is 0 Å². The molecule has 1 aromatic rings. The average Bonchev–Trinajstić information content (AvgIpc) is 3.42. The fraction of sp³-hybridized carbons (Fsp3) is 0.667. The maximum atomic E-state index is 14.2. The summed E-state index contributed by atoms with van der Waals surface area (Å²) in [5, 5.41) is 16.5. The Hall–Kier alpha value is -2.06. The molecule has 1 spiro atoms. The van der Waals surface area contributed by atoms with Crippen LogP contribution in [0.15, 0.2) is 30.3 Å². The van der Waals surface area contributed by atoms with Gasteiger partial charge in [-0.25, -0.2) is 0 Å². The lowest BCUT2D eigenvalue weighted by molar-refractivity contribution is -0.143. The van der Waals surface area contributed by atoms with Crippen molar-refractivity contribution in [2.24, 2.45) is 11.8 Å². The van der Waals surface area contributed by atoms with Gasteiger partial charge in [0.2, 0.25) is 17.7 Å². The number of benzene rings is 1. The zero-order valence-electron chi connectivity index (χ0n) is 21.1. The predicted molar refractivity (Wildman–Crippen MR) is 138 cm³/mol. The first-order valence-corrected chi connectivity index (χ1v) is 13.9. The molecule has 192 valence electrons. The van der Waals surface area contributed by atoms with E-state index in [4.69, 9.17) is 0 Å². The van der Waals surface area contributed by atoms with Crippen LogP contribution in [0.5, 0.6) is 0 Å². The molecule has 2 bridgehead atoms. The number of unbranched alkanes of at least 4 members (excludes halogenated alkanes) is 1. The second kappa shape index (κ2) is 10.5. The third kappa shape index (κ3) is 4.48. The van der Waals surface area contributed by atoms with Crippen molar-refractivity contribution in [3.05, 3.63) is 35.9 Å². The minimum atomic E-state index is -0.700. The zero-order chi connectivity index (χ0) is 25.2. The number of aliphatic hydroxyl groups is 1. The van der Waals surface area contributed by atoms with E-state index in [-0.39, 0.29) is 29.1 Å². The lowest BCUT2D eigenvalue weighted by atomic mass is 9.66. The summed E-state index contributed by atoms with van der Waals surface area (Å²) in [7, 11) is 0. The molecule has 3 aliphatic rings. The number of rotatable bonds is 11. The van der Waals surface area contributed by atoms with Crippen molar-refractivity contribution in [2.45, 2.75) is 80.9 Å². The lowest BCUT2D eigenvalue weighted by Crippen LogP contribution is -2.57. The molecule has 1 aromatic carbocycles. The Balaban J connectivity index is 1.72. The van der Waals surface area contributed by atoms with Crippen LogP contribution in [-0.4, -0.2) is 69.0 Å². The first kappa shape index (κ1) is 26.0. The van der Waals surface area contributed by atoms with E-state index >= 15 is 0 Å². The number of fused-ring (bicyclic) bond motifs is 1. The summed E-state index contributed by atoms with van der Waals surface area (Å²) in [4.78, 5) is 42.9. The molecule has 0 aliphatic carbocycles. The molecule has 0 radical (unpaired) electrons. The monoisotopic (exact) mass is 501 g/mol. The van der Waals surface area contributed by atoms with Gasteiger partial charge in [-0.05, 0) is 44.6 Å². The molecular weight excluding hydrogens is 462 g/mol. The van der Waals surface area contributed by atoms with Crippen LogP contribution in [0.2, 0.25) is 0 Å². The van der Waals surface area contributed by atoms with Crippen molar-refractivity contribution in [2.75, 3.05) is 19.7 Å². The van der Waals surface area contributed by atoms with Crippen molar-refractivity contribution < 1.29 is 19.5 Å².